The van der Waals surface area contributed by atoms with Gasteiger partial charge in [-0.2, -0.15) is 0 Å². The number of thiazole rings is 1. The third kappa shape index (κ3) is 3.78. The number of hydrogen-bond donors (Lipinski definition) is 2. The van der Waals surface area contributed by atoms with Gasteiger partial charge in [0.1, 0.15) is 27.2 Å². The summed E-state index contributed by atoms with van der Waals surface area (Å²) in [6.45, 7) is 1.83. The Labute approximate surface area is 189 Å². The number of nitrogens with zero attached hydrogens (tertiary/aromatic N) is 2. The third-order valence-electron chi connectivity index (χ3n) is 6.07. The van der Waals surface area contributed by atoms with Gasteiger partial charge >= 0.3 is 5.97 Å². The molecule has 5 nitrogen and oxygen atoms in total. The number of carbonyl (C=O) groups is 1. The Morgan fingerprint density at radius 2 is 1.94 bits per heavy atom. The molecule has 0 amide bonds. The van der Waals surface area contributed by atoms with Gasteiger partial charge in [-0.05, 0) is 55.2 Å². The van der Waals surface area contributed by atoms with E-state index >= 15 is 0 Å². The third-order valence-corrected chi connectivity index (χ3v) is 7.07. The summed E-state index contributed by atoms with van der Waals surface area (Å²) in [4.78, 5) is 21.3. The molecule has 1 aliphatic carbocycles. The molecule has 2 N–H and O–H groups in total. The number of aromatic nitrogens is 2. The van der Waals surface area contributed by atoms with Crippen LogP contribution in [0, 0.1) is 5.82 Å². The molecule has 2 aromatic heterocycles. The molecule has 0 spiro atoms. The average Bonchev–Trinajstić information content (AvgIpc) is 3.51. The lowest BCUT2D eigenvalue weighted by Gasteiger charge is -2.14. The molecule has 1 fully saturated rings. The molecule has 7 heteroatoms. The highest BCUT2D eigenvalue weighted by atomic mass is 32.1. The summed E-state index contributed by atoms with van der Waals surface area (Å²) in [5.74, 6) is -1.32. The van der Waals surface area contributed by atoms with Gasteiger partial charge in [0, 0.05) is 17.5 Å². The van der Waals surface area contributed by atoms with Gasteiger partial charge in [0.2, 0.25) is 0 Å². The van der Waals surface area contributed by atoms with E-state index < -0.39 is 12.0 Å². The second-order valence-corrected chi connectivity index (χ2v) is 9.22. The zero-order valence-electron chi connectivity index (χ0n) is 17.5. The molecule has 4 aromatic rings. The molecule has 32 heavy (non-hydrogen) atoms. The van der Waals surface area contributed by atoms with Crippen LogP contribution in [0.15, 0.2) is 60.7 Å². The summed E-state index contributed by atoms with van der Waals surface area (Å²) >= 11 is 1.39. The van der Waals surface area contributed by atoms with Crippen molar-refractivity contribution in [2.45, 2.75) is 37.8 Å². The molecule has 0 aliphatic heterocycles. The van der Waals surface area contributed by atoms with E-state index in [2.05, 4.69) is 34.6 Å². The molecule has 2 aromatic carbocycles. The van der Waals surface area contributed by atoms with E-state index in [1.54, 1.807) is 19.1 Å². The lowest BCUT2D eigenvalue weighted by molar-refractivity contribution is -0.139. The second kappa shape index (κ2) is 8.07. The normalized spacial score (nSPS) is 15.6. The van der Waals surface area contributed by atoms with Crippen molar-refractivity contribution in [1.29, 1.82) is 0 Å². The number of benzene rings is 2. The van der Waals surface area contributed by atoms with Crippen LogP contribution < -0.4 is 5.32 Å². The maximum absolute atomic E-state index is 14.8. The summed E-state index contributed by atoms with van der Waals surface area (Å²) in [5.41, 5.74) is 4.17. The van der Waals surface area contributed by atoms with Crippen LogP contribution in [-0.2, 0) is 16.8 Å². The van der Waals surface area contributed by atoms with Gasteiger partial charge in [-0.3, -0.25) is 4.79 Å². The second-order valence-electron chi connectivity index (χ2n) is 8.24. The number of carboxylic acid groups (broad SMARTS) is 1. The first-order chi connectivity index (χ1) is 15.5. The number of pyridine rings is 1. The summed E-state index contributed by atoms with van der Waals surface area (Å²) in [5, 5.41) is 12.4. The van der Waals surface area contributed by atoms with Crippen LogP contribution in [0.5, 0.6) is 0 Å². The van der Waals surface area contributed by atoms with Crippen LogP contribution in [0.1, 0.15) is 36.6 Å². The number of fused-ring (bicyclic) bond motifs is 1. The molecule has 0 radical (unpaired) electrons. The Bertz CT molecular complexity index is 1300. The minimum atomic E-state index is -0.941. The highest BCUT2D eigenvalue weighted by Gasteiger charge is 2.47. The fourth-order valence-corrected chi connectivity index (χ4v) is 4.94. The summed E-state index contributed by atoms with van der Waals surface area (Å²) in [6.07, 6.45) is 2.15. The fourth-order valence-electron chi connectivity index (χ4n) is 3.97. The van der Waals surface area contributed by atoms with Gasteiger partial charge in [-0.1, -0.05) is 47.7 Å². The predicted octanol–water partition coefficient (Wildman–Crippen LogP) is 5.14. The van der Waals surface area contributed by atoms with Crippen molar-refractivity contribution in [3.05, 3.63) is 83.3 Å². The van der Waals surface area contributed by atoms with Crippen LogP contribution in [0.3, 0.4) is 0 Å². The molecule has 0 saturated heterocycles. The summed E-state index contributed by atoms with van der Waals surface area (Å²) in [7, 11) is 0. The maximum Gasteiger partial charge on any atom is 0.320 e. The lowest BCUT2D eigenvalue weighted by atomic mass is 9.92. The van der Waals surface area contributed by atoms with E-state index in [1.165, 1.54) is 23.0 Å². The monoisotopic (exact) mass is 447 g/mol. The topological polar surface area (TPSA) is 75.1 Å². The lowest BCUT2D eigenvalue weighted by Crippen LogP contribution is -2.33. The Morgan fingerprint density at radius 1 is 1.16 bits per heavy atom. The summed E-state index contributed by atoms with van der Waals surface area (Å²) in [6, 6.07) is 18.7. The molecule has 1 atom stereocenters. The molecular formula is C25H22FN3O2S. The molecule has 1 aliphatic rings. The van der Waals surface area contributed by atoms with E-state index in [0.29, 0.717) is 16.1 Å². The Hall–Kier alpha value is -3.16. The van der Waals surface area contributed by atoms with Crippen LogP contribution in [0.4, 0.5) is 4.39 Å². The summed E-state index contributed by atoms with van der Waals surface area (Å²) < 4.78 is 14.8. The highest BCUT2D eigenvalue weighted by molar-refractivity contribution is 7.21. The zero-order valence-corrected chi connectivity index (χ0v) is 18.3. The van der Waals surface area contributed by atoms with Gasteiger partial charge in [0.15, 0.2) is 0 Å². The molecular weight excluding hydrogens is 425 g/mol. The van der Waals surface area contributed by atoms with E-state index in [1.807, 2.05) is 18.2 Å². The number of hydrogen-bond acceptors (Lipinski definition) is 5. The molecule has 2 heterocycles. The number of rotatable bonds is 7. The fraction of sp³-hybridized carbons (Fsp3) is 0.240. The van der Waals surface area contributed by atoms with Crippen molar-refractivity contribution in [3.63, 3.8) is 0 Å². The van der Waals surface area contributed by atoms with Crippen molar-refractivity contribution in [2.75, 3.05) is 0 Å². The van der Waals surface area contributed by atoms with Crippen LogP contribution >= 0.6 is 11.3 Å². The van der Waals surface area contributed by atoms with Gasteiger partial charge in [0.25, 0.3) is 0 Å². The van der Waals surface area contributed by atoms with Crippen molar-refractivity contribution >= 4 is 27.7 Å². The Balaban J connectivity index is 1.42. The van der Waals surface area contributed by atoms with Crippen molar-refractivity contribution in [2.24, 2.45) is 0 Å². The van der Waals surface area contributed by atoms with Gasteiger partial charge in [-0.15, -0.1) is 0 Å². The Kier molecular flexibility index (Phi) is 5.23. The van der Waals surface area contributed by atoms with Crippen LogP contribution in [0.25, 0.3) is 20.9 Å². The average molecular weight is 448 g/mol. The maximum atomic E-state index is 14.8. The van der Waals surface area contributed by atoms with Crippen molar-refractivity contribution in [3.8, 4) is 10.6 Å². The molecule has 1 unspecified atom stereocenters. The largest absolute Gasteiger partial charge is 0.480 e. The first-order valence-corrected chi connectivity index (χ1v) is 11.4. The van der Waals surface area contributed by atoms with Crippen LogP contribution in [-0.4, -0.2) is 27.1 Å². The van der Waals surface area contributed by atoms with E-state index in [0.717, 1.165) is 28.9 Å². The number of halogens is 1. The minimum Gasteiger partial charge on any atom is -0.480 e. The molecule has 0 bridgehead atoms. The van der Waals surface area contributed by atoms with E-state index in [-0.39, 0.29) is 17.8 Å². The van der Waals surface area contributed by atoms with E-state index in [9.17, 15) is 9.18 Å². The van der Waals surface area contributed by atoms with Crippen molar-refractivity contribution in [1.82, 2.24) is 15.3 Å². The van der Waals surface area contributed by atoms with Crippen LogP contribution in [0.2, 0.25) is 0 Å². The first-order valence-electron chi connectivity index (χ1n) is 10.5. The van der Waals surface area contributed by atoms with Gasteiger partial charge in [0.05, 0.1) is 5.69 Å². The van der Waals surface area contributed by atoms with Gasteiger partial charge < -0.3 is 10.4 Å². The zero-order chi connectivity index (χ0) is 22.3. The van der Waals surface area contributed by atoms with E-state index in [4.69, 9.17) is 10.1 Å². The highest BCUT2D eigenvalue weighted by Crippen LogP contribution is 2.53. The molecule has 162 valence electrons. The van der Waals surface area contributed by atoms with Crippen molar-refractivity contribution < 1.29 is 14.3 Å². The van der Waals surface area contributed by atoms with Gasteiger partial charge in [-0.25, -0.2) is 14.4 Å². The number of nitrogens with one attached hydrogen (secondary N) is 1. The molecule has 1 saturated carbocycles. The Morgan fingerprint density at radius 3 is 2.62 bits per heavy atom. The minimum absolute atomic E-state index is 0.0212. The quantitative estimate of drug-likeness (QED) is 0.410. The first kappa shape index (κ1) is 20.7. The predicted molar refractivity (Wildman–Crippen MR) is 123 cm³/mol. The smallest absolute Gasteiger partial charge is 0.320 e. The number of carboxylic acids is 1. The SMILES string of the molecule is CC(NCc1ccc(-c2nc3ccc(C4(c5ccccc5)CC4)nc3s2)c(F)c1)C(=O)O. The number of aliphatic carboxylic acids is 1. The molecule has 5 rings (SSSR count). The standard InChI is InChI=1S/C25H22FN3O2S/c1-15(24(30)31)27-14-16-7-8-18(19(26)13-16)22-28-20-9-10-21(29-23(20)32-22)25(11-12-25)17-5-3-2-4-6-17/h2-10,13,15,27H,11-12,14H2,1H3,(H,30,31).